The number of benzene rings is 1. The minimum Gasteiger partial charge on any atom is -0.381 e. The van der Waals surface area contributed by atoms with Gasteiger partial charge < -0.3 is 16.0 Å². The normalized spacial score (nSPS) is 19.3. The third-order valence-corrected chi connectivity index (χ3v) is 3.37. The first-order valence-electron chi connectivity index (χ1n) is 6.50. The number of anilines is 1. The van der Waals surface area contributed by atoms with Gasteiger partial charge >= 0.3 is 0 Å². The topological polar surface area (TPSA) is 53.2 Å². The number of carbonyl (C=O) groups is 1. The number of hydrogen-bond acceptors (Lipinski definition) is 3. The molecule has 4 nitrogen and oxygen atoms in total. The Hall–Kier alpha value is -1.55. The van der Waals surface area contributed by atoms with Crippen LogP contribution in [0.1, 0.15) is 28.8 Å². The molecule has 1 aromatic rings. The fraction of sp³-hybridized carbons (Fsp3) is 0.500. The van der Waals surface area contributed by atoms with Crippen LogP contribution in [0.15, 0.2) is 18.2 Å². The second-order valence-corrected chi connectivity index (χ2v) is 4.80. The van der Waals surface area contributed by atoms with Gasteiger partial charge in [0.25, 0.3) is 5.91 Å². The van der Waals surface area contributed by atoms with E-state index in [2.05, 4.69) is 16.0 Å². The number of hydrogen-bond donors (Lipinski definition) is 3. The van der Waals surface area contributed by atoms with Gasteiger partial charge in [0.2, 0.25) is 0 Å². The molecule has 0 saturated carbocycles. The minimum atomic E-state index is -0.0380. The average Bonchev–Trinajstić information content (AvgIpc) is 2.41. The van der Waals surface area contributed by atoms with E-state index >= 15 is 0 Å². The third-order valence-electron chi connectivity index (χ3n) is 3.37. The van der Waals surface area contributed by atoms with Crippen molar-refractivity contribution in [3.05, 3.63) is 29.3 Å². The van der Waals surface area contributed by atoms with Crippen LogP contribution in [0, 0.1) is 6.92 Å². The monoisotopic (exact) mass is 247 g/mol. The molecule has 1 atom stereocenters. The van der Waals surface area contributed by atoms with E-state index < -0.39 is 0 Å². The van der Waals surface area contributed by atoms with Crippen LogP contribution in [-0.4, -0.2) is 32.1 Å². The smallest absolute Gasteiger partial charge is 0.251 e. The SMILES string of the molecule is CNC(=O)c1ccc(NC2CCCNC2)c(C)c1. The molecule has 3 N–H and O–H groups in total. The van der Waals surface area contributed by atoms with Gasteiger partial charge in [-0.15, -0.1) is 0 Å². The lowest BCUT2D eigenvalue weighted by molar-refractivity contribution is 0.0963. The van der Waals surface area contributed by atoms with Crippen molar-refractivity contribution in [2.24, 2.45) is 0 Å². The second-order valence-electron chi connectivity index (χ2n) is 4.80. The number of amides is 1. The van der Waals surface area contributed by atoms with Crippen LogP contribution in [-0.2, 0) is 0 Å². The number of carbonyl (C=O) groups excluding carboxylic acids is 1. The quantitative estimate of drug-likeness (QED) is 0.759. The van der Waals surface area contributed by atoms with E-state index in [1.54, 1.807) is 7.05 Å². The van der Waals surface area contributed by atoms with Crippen LogP contribution in [0.3, 0.4) is 0 Å². The van der Waals surface area contributed by atoms with E-state index in [1.165, 1.54) is 12.8 Å². The first-order valence-corrected chi connectivity index (χ1v) is 6.50. The van der Waals surface area contributed by atoms with Crippen LogP contribution in [0.25, 0.3) is 0 Å². The van der Waals surface area contributed by atoms with Crippen molar-refractivity contribution in [1.29, 1.82) is 0 Å². The van der Waals surface area contributed by atoms with E-state index in [0.717, 1.165) is 24.3 Å². The summed E-state index contributed by atoms with van der Waals surface area (Å²) in [7, 11) is 1.65. The van der Waals surface area contributed by atoms with Gasteiger partial charge in [0, 0.05) is 30.9 Å². The lowest BCUT2D eigenvalue weighted by Crippen LogP contribution is -2.38. The number of nitrogens with one attached hydrogen (secondary N) is 3. The molecule has 1 heterocycles. The third kappa shape index (κ3) is 3.01. The van der Waals surface area contributed by atoms with E-state index in [1.807, 2.05) is 25.1 Å². The van der Waals surface area contributed by atoms with E-state index in [0.29, 0.717) is 11.6 Å². The highest BCUT2D eigenvalue weighted by Crippen LogP contribution is 2.19. The van der Waals surface area contributed by atoms with Crippen LogP contribution in [0.2, 0.25) is 0 Å². The molecule has 1 fully saturated rings. The first kappa shape index (κ1) is 12.9. The summed E-state index contributed by atoms with van der Waals surface area (Å²) in [6.07, 6.45) is 2.41. The Morgan fingerprint density at radius 3 is 2.89 bits per heavy atom. The van der Waals surface area contributed by atoms with E-state index in [9.17, 15) is 4.79 Å². The van der Waals surface area contributed by atoms with Crippen LogP contribution in [0.5, 0.6) is 0 Å². The second kappa shape index (κ2) is 5.87. The molecule has 1 aliphatic heterocycles. The van der Waals surface area contributed by atoms with Gasteiger partial charge in [0.05, 0.1) is 0 Å². The molecule has 0 aromatic heterocycles. The van der Waals surface area contributed by atoms with E-state index in [-0.39, 0.29) is 5.91 Å². The zero-order valence-corrected chi connectivity index (χ0v) is 11.0. The predicted molar refractivity (Wildman–Crippen MR) is 74.1 cm³/mol. The molecule has 1 aromatic carbocycles. The molecular weight excluding hydrogens is 226 g/mol. The molecule has 98 valence electrons. The highest BCUT2D eigenvalue weighted by atomic mass is 16.1. The Balaban J connectivity index is 2.07. The molecule has 0 bridgehead atoms. The summed E-state index contributed by atoms with van der Waals surface area (Å²) in [5.74, 6) is -0.0380. The van der Waals surface area contributed by atoms with Crippen molar-refractivity contribution in [3.63, 3.8) is 0 Å². The molecule has 1 amide bonds. The molecule has 18 heavy (non-hydrogen) atoms. The van der Waals surface area contributed by atoms with Crippen molar-refractivity contribution in [2.75, 3.05) is 25.5 Å². The molecular formula is C14H21N3O. The minimum absolute atomic E-state index is 0.0380. The van der Waals surface area contributed by atoms with Crippen molar-refractivity contribution < 1.29 is 4.79 Å². The summed E-state index contributed by atoms with van der Waals surface area (Å²) in [6.45, 7) is 4.16. The zero-order valence-electron chi connectivity index (χ0n) is 11.0. The Kier molecular flexibility index (Phi) is 4.20. The molecule has 0 radical (unpaired) electrons. The first-order chi connectivity index (χ1) is 8.70. The fourth-order valence-electron chi connectivity index (χ4n) is 2.31. The highest BCUT2D eigenvalue weighted by Gasteiger charge is 2.13. The van der Waals surface area contributed by atoms with Gasteiger partial charge in [-0.05, 0) is 50.1 Å². The van der Waals surface area contributed by atoms with Gasteiger partial charge in [0.15, 0.2) is 0 Å². The van der Waals surface area contributed by atoms with Crippen molar-refractivity contribution in [3.8, 4) is 0 Å². The van der Waals surface area contributed by atoms with Gasteiger partial charge in [-0.2, -0.15) is 0 Å². The summed E-state index contributed by atoms with van der Waals surface area (Å²) in [5.41, 5.74) is 2.94. The Labute approximate surface area is 108 Å². The van der Waals surface area contributed by atoms with Gasteiger partial charge in [-0.1, -0.05) is 0 Å². The van der Waals surface area contributed by atoms with Gasteiger partial charge in [0.1, 0.15) is 0 Å². The van der Waals surface area contributed by atoms with Gasteiger partial charge in [-0.3, -0.25) is 4.79 Å². The van der Waals surface area contributed by atoms with E-state index in [4.69, 9.17) is 0 Å². The van der Waals surface area contributed by atoms with Crippen LogP contribution >= 0.6 is 0 Å². The molecule has 0 aliphatic carbocycles. The van der Waals surface area contributed by atoms with Crippen LogP contribution < -0.4 is 16.0 Å². The summed E-state index contributed by atoms with van der Waals surface area (Å²) < 4.78 is 0. The largest absolute Gasteiger partial charge is 0.381 e. The van der Waals surface area contributed by atoms with Gasteiger partial charge in [-0.25, -0.2) is 0 Å². The summed E-state index contributed by atoms with van der Waals surface area (Å²) in [4.78, 5) is 11.5. The molecule has 1 saturated heterocycles. The lowest BCUT2D eigenvalue weighted by Gasteiger charge is -2.25. The highest BCUT2D eigenvalue weighted by molar-refractivity contribution is 5.94. The molecule has 1 aliphatic rings. The predicted octanol–water partition coefficient (Wildman–Crippen LogP) is 1.52. The average molecular weight is 247 g/mol. The summed E-state index contributed by atoms with van der Waals surface area (Å²) >= 11 is 0. The number of piperidine rings is 1. The molecule has 0 spiro atoms. The maximum atomic E-state index is 11.5. The maximum Gasteiger partial charge on any atom is 0.251 e. The Morgan fingerprint density at radius 2 is 2.28 bits per heavy atom. The summed E-state index contributed by atoms with van der Waals surface area (Å²) in [6, 6.07) is 6.28. The standard InChI is InChI=1S/C14H21N3O/c1-10-8-11(14(18)15-2)5-6-13(10)17-12-4-3-7-16-9-12/h5-6,8,12,16-17H,3-4,7,9H2,1-2H3,(H,15,18). The van der Waals surface area contributed by atoms with Crippen LogP contribution in [0.4, 0.5) is 5.69 Å². The van der Waals surface area contributed by atoms with Crippen molar-refractivity contribution >= 4 is 11.6 Å². The summed E-state index contributed by atoms with van der Waals surface area (Å²) in [5, 5.41) is 9.57. The van der Waals surface area contributed by atoms with Crippen molar-refractivity contribution in [1.82, 2.24) is 10.6 Å². The molecule has 4 heteroatoms. The molecule has 2 rings (SSSR count). The van der Waals surface area contributed by atoms with Crippen molar-refractivity contribution in [2.45, 2.75) is 25.8 Å². The zero-order chi connectivity index (χ0) is 13.0. The molecule has 1 unspecified atom stereocenters. The maximum absolute atomic E-state index is 11.5. The lowest BCUT2D eigenvalue weighted by atomic mass is 10.0. The number of aryl methyl sites for hydroxylation is 1. The fourth-order valence-corrected chi connectivity index (χ4v) is 2.31. The Morgan fingerprint density at radius 1 is 1.44 bits per heavy atom. The Bertz CT molecular complexity index is 425. The number of rotatable bonds is 3.